The second-order valence-electron chi connectivity index (χ2n) is 8.30. The summed E-state index contributed by atoms with van der Waals surface area (Å²) in [5, 5.41) is 26.8. The summed E-state index contributed by atoms with van der Waals surface area (Å²) in [7, 11) is 1.98. The highest BCUT2D eigenvalue weighted by Gasteiger charge is 2.34. The molecule has 1 aliphatic carbocycles. The fourth-order valence-electron chi connectivity index (χ4n) is 4.37. The van der Waals surface area contributed by atoms with Crippen LogP contribution in [0, 0.1) is 12.8 Å². The molecule has 1 saturated carbocycles. The minimum atomic E-state index is -0.551. The number of hydrogen-bond acceptors (Lipinski definition) is 8. The summed E-state index contributed by atoms with van der Waals surface area (Å²) in [6, 6.07) is 7.78. The number of hydrogen-bond donors (Lipinski definition) is 4. The molecular weight excluding hydrogens is 408 g/mol. The zero-order valence-corrected chi connectivity index (χ0v) is 18.9. The summed E-state index contributed by atoms with van der Waals surface area (Å²) in [5.41, 5.74) is 3.51. The average molecular weight is 441 g/mol. The zero-order chi connectivity index (χ0) is 22.7. The fraction of sp³-hybridized carbons (Fsp3) is 0.522. The molecule has 3 atom stereocenters. The number of aromatic nitrogens is 4. The van der Waals surface area contributed by atoms with E-state index in [1.165, 1.54) is 0 Å². The number of aliphatic hydroxyl groups is 2. The van der Waals surface area contributed by atoms with Crippen molar-refractivity contribution in [1.82, 2.24) is 19.5 Å². The van der Waals surface area contributed by atoms with E-state index in [1.807, 2.05) is 49.7 Å². The first-order valence-electron chi connectivity index (χ1n) is 11.2. The third-order valence-corrected chi connectivity index (χ3v) is 6.04. The molecule has 3 aromatic rings. The van der Waals surface area contributed by atoms with Crippen molar-refractivity contribution in [3.63, 3.8) is 0 Å². The van der Waals surface area contributed by atoms with Crippen molar-refractivity contribution in [1.29, 1.82) is 0 Å². The summed E-state index contributed by atoms with van der Waals surface area (Å²) in [4.78, 5) is 14.3. The number of rotatable bonds is 9. The third-order valence-electron chi connectivity index (χ3n) is 6.04. The standard InChI is InChI=1S/C23H32N6O3/c1-4-32-10-9-24-23-25-14(2)20(22-27-16-7-5-6-8-18(16)29(22)3)21(28-23)26-17-11-15(13-30)12-19(17)31/h5-8,15,17,19,30-31H,4,9-13H2,1-3H3,(H2,24,25,26,28)/t15-,17+,19+/m0/s1. The van der Waals surface area contributed by atoms with Gasteiger partial charge in [-0.05, 0) is 44.7 Å². The van der Waals surface area contributed by atoms with Crippen molar-refractivity contribution in [2.75, 3.05) is 37.0 Å². The quantitative estimate of drug-likeness (QED) is 0.375. The van der Waals surface area contributed by atoms with Crippen molar-refractivity contribution >= 4 is 22.8 Å². The van der Waals surface area contributed by atoms with E-state index in [-0.39, 0.29) is 18.6 Å². The molecule has 9 heteroatoms. The van der Waals surface area contributed by atoms with Gasteiger partial charge in [0.1, 0.15) is 11.6 Å². The Balaban J connectivity index is 1.73. The Morgan fingerprint density at radius 2 is 2.00 bits per heavy atom. The average Bonchev–Trinajstić information content (AvgIpc) is 3.31. The molecule has 32 heavy (non-hydrogen) atoms. The van der Waals surface area contributed by atoms with E-state index < -0.39 is 6.10 Å². The van der Waals surface area contributed by atoms with Crippen LogP contribution in [0.2, 0.25) is 0 Å². The first-order chi connectivity index (χ1) is 15.5. The first kappa shape index (κ1) is 22.4. The van der Waals surface area contributed by atoms with E-state index in [1.54, 1.807) is 0 Å². The van der Waals surface area contributed by atoms with Crippen molar-refractivity contribution in [2.24, 2.45) is 13.0 Å². The van der Waals surface area contributed by atoms with Crippen LogP contribution in [0.15, 0.2) is 24.3 Å². The van der Waals surface area contributed by atoms with E-state index in [2.05, 4.69) is 15.6 Å². The molecule has 0 aliphatic heterocycles. The summed E-state index contributed by atoms with van der Waals surface area (Å²) < 4.78 is 7.44. The van der Waals surface area contributed by atoms with Crippen LogP contribution in [-0.2, 0) is 11.8 Å². The smallest absolute Gasteiger partial charge is 0.224 e. The molecule has 172 valence electrons. The van der Waals surface area contributed by atoms with Gasteiger partial charge < -0.3 is 30.2 Å². The summed E-state index contributed by atoms with van der Waals surface area (Å²) in [6.07, 6.45) is 0.694. The number of aryl methyl sites for hydroxylation is 2. The van der Waals surface area contributed by atoms with Gasteiger partial charge in [-0.25, -0.2) is 9.97 Å². The highest BCUT2D eigenvalue weighted by atomic mass is 16.5. The van der Waals surface area contributed by atoms with Crippen molar-refractivity contribution in [3.8, 4) is 11.4 Å². The van der Waals surface area contributed by atoms with Gasteiger partial charge in [0, 0.05) is 26.8 Å². The molecule has 2 heterocycles. The highest BCUT2D eigenvalue weighted by Crippen LogP contribution is 2.35. The van der Waals surface area contributed by atoms with Crippen LogP contribution in [0.1, 0.15) is 25.5 Å². The predicted molar refractivity (Wildman–Crippen MR) is 125 cm³/mol. The molecule has 9 nitrogen and oxygen atoms in total. The first-order valence-corrected chi connectivity index (χ1v) is 11.2. The second-order valence-corrected chi connectivity index (χ2v) is 8.30. The molecule has 1 fully saturated rings. The lowest BCUT2D eigenvalue weighted by Crippen LogP contribution is -2.29. The molecule has 0 saturated heterocycles. The molecule has 1 aromatic carbocycles. The van der Waals surface area contributed by atoms with Crippen LogP contribution in [0.5, 0.6) is 0 Å². The fourth-order valence-corrected chi connectivity index (χ4v) is 4.37. The predicted octanol–water partition coefficient (Wildman–Crippen LogP) is 2.33. The molecule has 0 amide bonds. The highest BCUT2D eigenvalue weighted by molar-refractivity contribution is 5.84. The van der Waals surface area contributed by atoms with Crippen molar-refractivity contribution in [3.05, 3.63) is 30.0 Å². The minimum Gasteiger partial charge on any atom is -0.396 e. The molecule has 0 unspecified atom stereocenters. The lowest BCUT2D eigenvalue weighted by molar-refractivity contribution is 0.157. The number of fused-ring (bicyclic) bond motifs is 1. The third kappa shape index (κ3) is 4.55. The number of ether oxygens (including phenoxy) is 1. The molecule has 0 spiro atoms. The summed E-state index contributed by atoms with van der Waals surface area (Å²) >= 11 is 0. The van der Waals surface area contributed by atoms with Gasteiger partial charge in [0.2, 0.25) is 5.95 Å². The Kier molecular flexibility index (Phi) is 6.88. The van der Waals surface area contributed by atoms with E-state index in [0.29, 0.717) is 44.4 Å². The molecule has 1 aliphatic rings. The largest absolute Gasteiger partial charge is 0.396 e. The Hall–Kier alpha value is -2.75. The Morgan fingerprint density at radius 3 is 2.72 bits per heavy atom. The monoisotopic (exact) mass is 440 g/mol. The lowest BCUT2D eigenvalue weighted by Gasteiger charge is -2.21. The van der Waals surface area contributed by atoms with E-state index in [4.69, 9.17) is 14.7 Å². The zero-order valence-electron chi connectivity index (χ0n) is 18.9. The summed E-state index contributed by atoms with van der Waals surface area (Å²) in [6.45, 7) is 5.79. The Bertz CT molecular complexity index is 1070. The van der Waals surface area contributed by atoms with Crippen molar-refractivity contribution in [2.45, 2.75) is 38.8 Å². The second kappa shape index (κ2) is 9.81. The molecule has 4 rings (SSSR count). The van der Waals surface area contributed by atoms with Crippen LogP contribution in [0.3, 0.4) is 0 Å². The molecule has 2 aromatic heterocycles. The maximum atomic E-state index is 10.6. The molecule has 0 bridgehead atoms. The molecule has 0 radical (unpaired) electrons. The number of aliphatic hydroxyl groups excluding tert-OH is 2. The minimum absolute atomic E-state index is 0.0693. The van der Waals surface area contributed by atoms with Crippen LogP contribution in [0.25, 0.3) is 22.4 Å². The number of anilines is 2. The molecule has 4 N–H and O–H groups in total. The number of nitrogens with zero attached hydrogens (tertiary/aromatic N) is 4. The maximum Gasteiger partial charge on any atom is 0.224 e. The van der Waals surface area contributed by atoms with Crippen LogP contribution < -0.4 is 10.6 Å². The van der Waals surface area contributed by atoms with Crippen LogP contribution in [-0.4, -0.2) is 68.2 Å². The van der Waals surface area contributed by atoms with Gasteiger partial charge in [-0.2, -0.15) is 4.98 Å². The van der Waals surface area contributed by atoms with Gasteiger partial charge in [0.25, 0.3) is 0 Å². The number of para-hydroxylation sites is 2. The molecular formula is C23H32N6O3. The van der Waals surface area contributed by atoms with Crippen LogP contribution in [0.4, 0.5) is 11.8 Å². The van der Waals surface area contributed by atoms with Gasteiger partial charge in [0.15, 0.2) is 0 Å². The normalized spacial score (nSPS) is 20.7. The van der Waals surface area contributed by atoms with Gasteiger partial charge >= 0.3 is 0 Å². The number of benzene rings is 1. The van der Waals surface area contributed by atoms with Gasteiger partial charge in [0.05, 0.1) is 41.0 Å². The van der Waals surface area contributed by atoms with Gasteiger partial charge in [-0.3, -0.25) is 0 Å². The maximum absolute atomic E-state index is 10.6. The van der Waals surface area contributed by atoms with Crippen LogP contribution >= 0.6 is 0 Å². The van der Waals surface area contributed by atoms with Crippen molar-refractivity contribution < 1.29 is 14.9 Å². The Morgan fingerprint density at radius 1 is 1.19 bits per heavy atom. The Labute approximate surface area is 187 Å². The SMILES string of the molecule is CCOCCNc1nc(C)c(-c2nc3ccccc3n2C)c(N[C@@H]2C[C@H](CO)C[C@H]2O)n1. The van der Waals surface area contributed by atoms with E-state index in [9.17, 15) is 10.2 Å². The van der Waals surface area contributed by atoms with E-state index >= 15 is 0 Å². The topological polar surface area (TPSA) is 117 Å². The van der Waals surface area contributed by atoms with Gasteiger partial charge in [-0.15, -0.1) is 0 Å². The number of nitrogens with one attached hydrogen (secondary N) is 2. The lowest BCUT2D eigenvalue weighted by atomic mass is 10.1. The summed E-state index contributed by atoms with van der Waals surface area (Å²) in [5.74, 6) is 1.96. The number of imidazole rings is 1. The van der Waals surface area contributed by atoms with Gasteiger partial charge in [-0.1, -0.05) is 12.1 Å². The van der Waals surface area contributed by atoms with E-state index in [0.717, 1.165) is 28.1 Å².